The summed E-state index contributed by atoms with van der Waals surface area (Å²) < 4.78 is 7.11. The van der Waals surface area contributed by atoms with Gasteiger partial charge in [-0.3, -0.25) is 4.68 Å². The van der Waals surface area contributed by atoms with Crippen molar-refractivity contribution in [3.8, 4) is 0 Å². The molecule has 1 heterocycles. The molecule has 0 bridgehead atoms. The molecule has 4 nitrogen and oxygen atoms in total. The van der Waals surface area contributed by atoms with Gasteiger partial charge >= 0.3 is 0 Å². The van der Waals surface area contributed by atoms with Crippen LogP contribution in [-0.2, 0) is 11.8 Å². The third-order valence-corrected chi connectivity index (χ3v) is 2.81. The second kappa shape index (κ2) is 6.66. The third-order valence-electron chi connectivity index (χ3n) is 2.81. The zero-order valence-electron chi connectivity index (χ0n) is 10.7. The van der Waals surface area contributed by atoms with Crippen molar-refractivity contribution >= 4 is 0 Å². The van der Waals surface area contributed by atoms with E-state index in [9.17, 15) is 0 Å². The summed E-state index contributed by atoms with van der Waals surface area (Å²) in [6.07, 6.45) is 4.40. The van der Waals surface area contributed by atoms with Gasteiger partial charge in [-0.25, -0.2) is 0 Å². The summed E-state index contributed by atoms with van der Waals surface area (Å²) in [4.78, 5) is 0. The van der Waals surface area contributed by atoms with Crippen LogP contribution in [0.1, 0.15) is 38.4 Å². The van der Waals surface area contributed by atoms with Crippen molar-refractivity contribution in [2.75, 3.05) is 13.7 Å². The maximum atomic E-state index is 5.27. The first-order valence-electron chi connectivity index (χ1n) is 5.93. The predicted molar refractivity (Wildman–Crippen MR) is 65.3 cm³/mol. The SMILES string of the molecule is CCNC(CCC(C)OC)c1ccn(C)n1. The van der Waals surface area contributed by atoms with Gasteiger partial charge in [-0.1, -0.05) is 6.92 Å². The normalized spacial score (nSPS) is 15.0. The molecule has 0 amide bonds. The lowest BCUT2D eigenvalue weighted by Crippen LogP contribution is -2.23. The number of ether oxygens (including phenoxy) is 1. The predicted octanol–water partition coefficient (Wildman–Crippen LogP) is 1.89. The molecule has 0 saturated heterocycles. The van der Waals surface area contributed by atoms with Crippen LogP contribution in [0.25, 0.3) is 0 Å². The fraction of sp³-hybridized carbons (Fsp3) is 0.750. The van der Waals surface area contributed by atoms with Gasteiger partial charge in [0.25, 0.3) is 0 Å². The van der Waals surface area contributed by atoms with Gasteiger partial charge in [0, 0.05) is 20.4 Å². The van der Waals surface area contributed by atoms with Crippen LogP contribution in [0.2, 0.25) is 0 Å². The van der Waals surface area contributed by atoms with Crippen LogP contribution in [0.15, 0.2) is 12.3 Å². The van der Waals surface area contributed by atoms with Gasteiger partial charge < -0.3 is 10.1 Å². The van der Waals surface area contributed by atoms with Gasteiger partial charge in [-0.15, -0.1) is 0 Å². The minimum Gasteiger partial charge on any atom is -0.382 e. The van der Waals surface area contributed by atoms with Gasteiger partial charge in [-0.2, -0.15) is 5.10 Å². The molecule has 0 aliphatic carbocycles. The molecule has 4 heteroatoms. The molecule has 16 heavy (non-hydrogen) atoms. The van der Waals surface area contributed by atoms with Gasteiger partial charge in [0.1, 0.15) is 0 Å². The number of hydrogen-bond donors (Lipinski definition) is 1. The van der Waals surface area contributed by atoms with Gasteiger partial charge in [0.05, 0.1) is 17.8 Å². The summed E-state index contributed by atoms with van der Waals surface area (Å²) in [5.74, 6) is 0. The number of rotatable bonds is 7. The Morgan fingerprint density at radius 3 is 2.75 bits per heavy atom. The van der Waals surface area contributed by atoms with Crippen molar-refractivity contribution in [1.82, 2.24) is 15.1 Å². The molecule has 1 N–H and O–H groups in total. The third kappa shape index (κ3) is 3.94. The van der Waals surface area contributed by atoms with Crippen molar-refractivity contribution in [1.29, 1.82) is 0 Å². The van der Waals surface area contributed by atoms with E-state index in [4.69, 9.17) is 4.74 Å². The van der Waals surface area contributed by atoms with Gasteiger partial charge in [0.15, 0.2) is 0 Å². The summed E-state index contributed by atoms with van der Waals surface area (Å²) in [6.45, 7) is 5.18. The summed E-state index contributed by atoms with van der Waals surface area (Å²) in [6, 6.07) is 2.41. The number of nitrogens with one attached hydrogen (secondary N) is 1. The van der Waals surface area contributed by atoms with Crippen LogP contribution in [-0.4, -0.2) is 29.5 Å². The van der Waals surface area contributed by atoms with E-state index >= 15 is 0 Å². The minimum absolute atomic E-state index is 0.310. The van der Waals surface area contributed by atoms with E-state index in [2.05, 4.69) is 30.3 Å². The van der Waals surface area contributed by atoms with E-state index in [1.165, 1.54) is 0 Å². The second-order valence-electron chi connectivity index (χ2n) is 4.15. The summed E-state index contributed by atoms with van der Waals surface area (Å²) >= 11 is 0. The highest BCUT2D eigenvalue weighted by atomic mass is 16.5. The summed E-state index contributed by atoms with van der Waals surface area (Å²) in [5.41, 5.74) is 1.12. The number of aryl methyl sites for hydroxylation is 1. The van der Waals surface area contributed by atoms with Crippen LogP contribution in [0.3, 0.4) is 0 Å². The Morgan fingerprint density at radius 1 is 1.50 bits per heavy atom. The van der Waals surface area contributed by atoms with Crippen LogP contribution >= 0.6 is 0 Å². The van der Waals surface area contributed by atoms with E-state index in [0.29, 0.717) is 12.1 Å². The van der Waals surface area contributed by atoms with Gasteiger partial charge in [-0.05, 0) is 32.4 Å². The molecular weight excluding hydrogens is 202 g/mol. The monoisotopic (exact) mass is 225 g/mol. The zero-order valence-corrected chi connectivity index (χ0v) is 10.7. The van der Waals surface area contributed by atoms with Crippen molar-refractivity contribution in [3.63, 3.8) is 0 Å². The lowest BCUT2D eigenvalue weighted by Gasteiger charge is -2.17. The molecule has 0 aromatic carbocycles. The number of methoxy groups -OCH3 is 1. The van der Waals surface area contributed by atoms with E-state index in [0.717, 1.165) is 25.1 Å². The van der Waals surface area contributed by atoms with Crippen molar-refractivity contribution in [2.24, 2.45) is 7.05 Å². The molecule has 0 saturated carbocycles. The lowest BCUT2D eigenvalue weighted by atomic mass is 10.1. The highest BCUT2D eigenvalue weighted by molar-refractivity contribution is 5.05. The largest absolute Gasteiger partial charge is 0.382 e. The molecule has 2 atom stereocenters. The average molecular weight is 225 g/mol. The fourth-order valence-corrected chi connectivity index (χ4v) is 1.74. The maximum absolute atomic E-state index is 5.27. The van der Waals surface area contributed by atoms with Crippen LogP contribution in [0, 0.1) is 0 Å². The topological polar surface area (TPSA) is 39.1 Å². The number of aromatic nitrogens is 2. The van der Waals surface area contributed by atoms with Crippen molar-refractivity contribution in [2.45, 2.75) is 38.8 Å². The molecular formula is C12H23N3O. The smallest absolute Gasteiger partial charge is 0.0793 e. The molecule has 0 radical (unpaired) electrons. The van der Waals surface area contributed by atoms with Crippen LogP contribution in [0.5, 0.6) is 0 Å². The average Bonchev–Trinajstić information content (AvgIpc) is 2.70. The molecule has 0 aliphatic rings. The first-order chi connectivity index (χ1) is 7.67. The maximum Gasteiger partial charge on any atom is 0.0793 e. The Morgan fingerprint density at radius 2 is 2.25 bits per heavy atom. The Labute approximate surface area is 98.0 Å². The zero-order chi connectivity index (χ0) is 12.0. The van der Waals surface area contributed by atoms with Gasteiger partial charge in [0.2, 0.25) is 0 Å². The Balaban J connectivity index is 2.53. The minimum atomic E-state index is 0.310. The van der Waals surface area contributed by atoms with E-state index in [1.807, 2.05) is 17.9 Å². The quantitative estimate of drug-likeness (QED) is 0.770. The van der Waals surface area contributed by atoms with Crippen LogP contribution in [0.4, 0.5) is 0 Å². The first kappa shape index (κ1) is 13.2. The Hall–Kier alpha value is -0.870. The van der Waals surface area contributed by atoms with E-state index < -0.39 is 0 Å². The molecule has 0 spiro atoms. The number of nitrogens with zero attached hydrogens (tertiary/aromatic N) is 2. The molecule has 1 aromatic rings. The standard InChI is InChI=1S/C12H23N3O/c1-5-13-11(7-6-10(2)16-4)12-8-9-15(3)14-12/h8-11,13H,5-7H2,1-4H3. The Kier molecular flexibility index (Phi) is 5.49. The fourth-order valence-electron chi connectivity index (χ4n) is 1.74. The second-order valence-corrected chi connectivity index (χ2v) is 4.15. The summed E-state index contributed by atoms with van der Waals surface area (Å²) in [7, 11) is 3.71. The number of hydrogen-bond acceptors (Lipinski definition) is 3. The highest BCUT2D eigenvalue weighted by Crippen LogP contribution is 2.17. The van der Waals surface area contributed by atoms with Crippen molar-refractivity contribution < 1.29 is 4.74 Å². The molecule has 1 rings (SSSR count). The molecule has 92 valence electrons. The highest BCUT2D eigenvalue weighted by Gasteiger charge is 2.14. The Bertz CT molecular complexity index is 298. The summed E-state index contributed by atoms with van der Waals surface area (Å²) in [5, 5.41) is 7.91. The molecule has 2 unspecified atom stereocenters. The first-order valence-corrected chi connectivity index (χ1v) is 5.93. The molecule has 0 fully saturated rings. The van der Waals surface area contributed by atoms with E-state index in [-0.39, 0.29) is 0 Å². The van der Waals surface area contributed by atoms with E-state index in [1.54, 1.807) is 7.11 Å². The lowest BCUT2D eigenvalue weighted by molar-refractivity contribution is 0.106. The van der Waals surface area contributed by atoms with Crippen molar-refractivity contribution in [3.05, 3.63) is 18.0 Å². The molecule has 1 aromatic heterocycles. The van der Waals surface area contributed by atoms with Crippen LogP contribution < -0.4 is 5.32 Å². The molecule has 0 aliphatic heterocycles.